The molecule has 1 aromatic heterocycles. The van der Waals surface area contributed by atoms with Crippen molar-refractivity contribution < 1.29 is 4.79 Å². The molecule has 0 spiro atoms. The number of thioether (sulfide) groups is 1. The second-order valence-corrected chi connectivity index (χ2v) is 9.08. The zero-order valence-corrected chi connectivity index (χ0v) is 19.1. The maximum atomic E-state index is 12.5. The molecule has 2 aromatic carbocycles. The highest BCUT2D eigenvalue weighted by Gasteiger charge is 2.15. The SMILES string of the molecule is Cc1ccc(-n2cnnc2SCC(=O)NCc2ccccc2CN2CCCC2)cc1Cl. The molecule has 0 unspecified atom stereocenters. The van der Waals surface area contributed by atoms with Crippen LogP contribution in [0.2, 0.25) is 5.02 Å². The van der Waals surface area contributed by atoms with Gasteiger partial charge in [0.25, 0.3) is 0 Å². The molecule has 31 heavy (non-hydrogen) atoms. The average Bonchev–Trinajstić information content (AvgIpc) is 3.45. The number of aryl methyl sites for hydroxylation is 1. The summed E-state index contributed by atoms with van der Waals surface area (Å²) in [7, 11) is 0. The highest BCUT2D eigenvalue weighted by Crippen LogP contribution is 2.24. The van der Waals surface area contributed by atoms with E-state index in [1.54, 1.807) is 6.33 Å². The Labute approximate surface area is 192 Å². The summed E-state index contributed by atoms with van der Waals surface area (Å²) >= 11 is 7.61. The number of amides is 1. The highest BCUT2D eigenvalue weighted by atomic mass is 35.5. The van der Waals surface area contributed by atoms with Crippen molar-refractivity contribution in [2.24, 2.45) is 0 Å². The van der Waals surface area contributed by atoms with E-state index in [0.29, 0.717) is 16.7 Å². The average molecular weight is 456 g/mol. The van der Waals surface area contributed by atoms with E-state index in [1.165, 1.54) is 35.7 Å². The zero-order valence-electron chi connectivity index (χ0n) is 17.6. The van der Waals surface area contributed by atoms with Crippen LogP contribution in [0, 0.1) is 6.92 Å². The Kier molecular flexibility index (Phi) is 7.27. The monoisotopic (exact) mass is 455 g/mol. The molecule has 8 heteroatoms. The van der Waals surface area contributed by atoms with E-state index in [0.717, 1.165) is 30.9 Å². The summed E-state index contributed by atoms with van der Waals surface area (Å²) in [5.74, 6) is 0.240. The first-order valence-corrected chi connectivity index (χ1v) is 11.8. The van der Waals surface area contributed by atoms with E-state index in [1.807, 2.05) is 35.8 Å². The molecule has 0 aliphatic carbocycles. The zero-order chi connectivity index (χ0) is 21.6. The summed E-state index contributed by atoms with van der Waals surface area (Å²) < 4.78 is 1.84. The molecule has 1 N–H and O–H groups in total. The molecule has 1 fully saturated rings. The molecule has 3 aromatic rings. The van der Waals surface area contributed by atoms with Gasteiger partial charge in [0, 0.05) is 18.1 Å². The lowest BCUT2D eigenvalue weighted by molar-refractivity contribution is -0.118. The first kappa shape index (κ1) is 21.9. The van der Waals surface area contributed by atoms with Crippen LogP contribution in [-0.2, 0) is 17.9 Å². The van der Waals surface area contributed by atoms with Crippen LogP contribution in [0.15, 0.2) is 53.9 Å². The van der Waals surface area contributed by atoms with Gasteiger partial charge in [-0.15, -0.1) is 10.2 Å². The van der Waals surface area contributed by atoms with Crippen LogP contribution in [-0.4, -0.2) is 44.4 Å². The highest BCUT2D eigenvalue weighted by molar-refractivity contribution is 7.99. The van der Waals surface area contributed by atoms with Gasteiger partial charge in [0.15, 0.2) is 5.16 Å². The number of aromatic nitrogens is 3. The van der Waals surface area contributed by atoms with Crippen LogP contribution in [0.25, 0.3) is 5.69 Å². The topological polar surface area (TPSA) is 63.1 Å². The van der Waals surface area contributed by atoms with Crippen molar-refractivity contribution in [3.8, 4) is 5.69 Å². The number of benzene rings is 2. The van der Waals surface area contributed by atoms with E-state index in [9.17, 15) is 4.79 Å². The Balaban J connectivity index is 1.33. The summed E-state index contributed by atoms with van der Waals surface area (Å²) in [6.45, 7) is 5.75. The van der Waals surface area contributed by atoms with Gasteiger partial charge in [-0.05, 0) is 61.7 Å². The van der Waals surface area contributed by atoms with Crippen molar-refractivity contribution in [1.29, 1.82) is 0 Å². The summed E-state index contributed by atoms with van der Waals surface area (Å²) in [6.07, 6.45) is 4.18. The second kappa shape index (κ2) is 10.3. The quantitative estimate of drug-likeness (QED) is 0.515. The Morgan fingerprint density at radius 2 is 1.94 bits per heavy atom. The fraction of sp³-hybridized carbons (Fsp3) is 0.348. The van der Waals surface area contributed by atoms with Crippen molar-refractivity contribution in [3.63, 3.8) is 0 Å². The van der Waals surface area contributed by atoms with Crippen molar-refractivity contribution >= 4 is 29.3 Å². The van der Waals surface area contributed by atoms with Crippen LogP contribution >= 0.6 is 23.4 Å². The minimum Gasteiger partial charge on any atom is -0.351 e. The van der Waals surface area contributed by atoms with Crippen LogP contribution < -0.4 is 5.32 Å². The van der Waals surface area contributed by atoms with Crippen LogP contribution in [0.3, 0.4) is 0 Å². The number of nitrogens with one attached hydrogen (secondary N) is 1. The van der Waals surface area contributed by atoms with Gasteiger partial charge in [0.05, 0.1) is 11.4 Å². The third kappa shape index (κ3) is 5.67. The van der Waals surface area contributed by atoms with Gasteiger partial charge in [0.2, 0.25) is 5.91 Å². The molecule has 4 rings (SSSR count). The third-order valence-electron chi connectivity index (χ3n) is 5.47. The minimum absolute atomic E-state index is 0.0301. The summed E-state index contributed by atoms with van der Waals surface area (Å²) in [5, 5.41) is 12.5. The number of hydrogen-bond acceptors (Lipinski definition) is 5. The Bertz CT molecular complexity index is 1050. The molecule has 1 aliphatic heterocycles. The summed E-state index contributed by atoms with van der Waals surface area (Å²) in [4.78, 5) is 15.0. The number of likely N-dealkylation sites (tertiary alicyclic amines) is 1. The lowest BCUT2D eigenvalue weighted by Gasteiger charge is -2.17. The molecular weight excluding hydrogens is 430 g/mol. The minimum atomic E-state index is -0.0301. The summed E-state index contributed by atoms with van der Waals surface area (Å²) in [6, 6.07) is 14.1. The van der Waals surface area contributed by atoms with E-state index in [-0.39, 0.29) is 11.7 Å². The number of rotatable bonds is 8. The smallest absolute Gasteiger partial charge is 0.230 e. The number of halogens is 1. The molecule has 6 nitrogen and oxygen atoms in total. The molecule has 0 radical (unpaired) electrons. The molecule has 1 amide bonds. The number of nitrogens with zero attached hydrogens (tertiary/aromatic N) is 4. The van der Waals surface area contributed by atoms with E-state index in [4.69, 9.17) is 11.6 Å². The second-order valence-electron chi connectivity index (χ2n) is 7.73. The number of carbonyl (C=O) groups is 1. The van der Waals surface area contributed by atoms with Crippen LogP contribution in [0.1, 0.15) is 29.5 Å². The van der Waals surface area contributed by atoms with Crippen molar-refractivity contribution in [2.45, 2.75) is 38.0 Å². The molecular formula is C23H26ClN5OS. The van der Waals surface area contributed by atoms with Gasteiger partial charge in [0.1, 0.15) is 6.33 Å². The first-order valence-electron chi connectivity index (χ1n) is 10.5. The maximum absolute atomic E-state index is 12.5. The molecule has 0 atom stereocenters. The van der Waals surface area contributed by atoms with E-state index in [2.05, 4.69) is 38.6 Å². The predicted molar refractivity (Wildman–Crippen MR) is 125 cm³/mol. The molecule has 0 saturated carbocycles. The number of hydrogen-bond donors (Lipinski definition) is 1. The lowest BCUT2D eigenvalue weighted by Crippen LogP contribution is -2.26. The molecule has 2 heterocycles. The Morgan fingerprint density at radius 1 is 1.16 bits per heavy atom. The van der Waals surface area contributed by atoms with Gasteiger partial charge in [-0.3, -0.25) is 14.3 Å². The van der Waals surface area contributed by atoms with Gasteiger partial charge < -0.3 is 5.32 Å². The van der Waals surface area contributed by atoms with Crippen LogP contribution in [0.4, 0.5) is 0 Å². The van der Waals surface area contributed by atoms with Gasteiger partial charge in [-0.1, -0.05) is 53.7 Å². The standard InChI is InChI=1S/C23H26ClN5OS/c1-17-8-9-20(12-21(17)24)29-16-26-27-23(29)31-15-22(30)25-13-18-6-2-3-7-19(18)14-28-10-4-5-11-28/h2-3,6-9,12,16H,4-5,10-11,13-15H2,1H3,(H,25,30). The van der Waals surface area contributed by atoms with Crippen molar-refractivity contribution in [3.05, 3.63) is 70.5 Å². The predicted octanol–water partition coefficient (Wildman–Crippen LogP) is 4.23. The fourth-order valence-electron chi connectivity index (χ4n) is 3.67. The lowest BCUT2D eigenvalue weighted by atomic mass is 10.1. The van der Waals surface area contributed by atoms with Crippen molar-refractivity contribution in [1.82, 2.24) is 25.0 Å². The maximum Gasteiger partial charge on any atom is 0.230 e. The Hall–Kier alpha value is -2.35. The normalized spacial score (nSPS) is 14.1. The largest absolute Gasteiger partial charge is 0.351 e. The fourth-order valence-corrected chi connectivity index (χ4v) is 4.61. The van der Waals surface area contributed by atoms with E-state index >= 15 is 0 Å². The van der Waals surface area contributed by atoms with Gasteiger partial charge in [-0.25, -0.2) is 0 Å². The van der Waals surface area contributed by atoms with Crippen LogP contribution in [0.5, 0.6) is 0 Å². The first-order chi connectivity index (χ1) is 15.1. The molecule has 1 aliphatic rings. The van der Waals surface area contributed by atoms with Crippen molar-refractivity contribution in [2.75, 3.05) is 18.8 Å². The number of carbonyl (C=O) groups excluding carboxylic acids is 1. The third-order valence-corrected chi connectivity index (χ3v) is 6.82. The Morgan fingerprint density at radius 3 is 2.71 bits per heavy atom. The molecule has 162 valence electrons. The van der Waals surface area contributed by atoms with Gasteiger partial charge >= 0.3 is 0 Å². The van der Waals surface area contributed by atoms with E-state index < -0.39 is 0 Å². The molecule has 1 saturated heterocycles. The molecule has 0 bridgehead atoms. The summed E-state index contributed by atoms with van der Waals surface area (Å²) in [5.41, 5.74) is 4.34. The van der Waals surface area contributed by atoms with Gasteiger partial charge in [-0.2, -0.15) is 0 Å².